The molecular weight excluding hydrogens is 173 g/mol. The molecule has 0 spiro atoms. The zero-order chi connectivity index (χ0) is 9.84. The van der Waals surface area contributed by atoms with E-state index < -0.39 is 12.8 Å². The Morgan fingerprint density at radius 1 is 1.69 bits per heavy atom. The molecular formula is C9H12FNO2. The van der Waals surface area contributed by atoms with Gasteiger partial charge in [-0.05, 0) is 13.0 Å². The average Bonchev–Trinajstić information content (AvgIpc) is 2.16. The fourth-order valence-electron chi connectivity index (χ4n) is 1.07. The second kappa shape index (κ2) is 4.18. The van der Waals surface area contributed by atoms with Crippen LogP contribution in [0, 0.1) is 6.92 Å². The molecule has 0 saturated carbocycles. The lowest BCUT2D eigenvalue weighted by atomic mass is 10.1. The maximum Gasteiger partial charge on any atom is 0.215 e. The minimum atomic E-state index is -1.09. The molecule has 0 aromatic carbocycles. The van der Waals surface area contributed by atoms with Crippen LogP contribution >= 0.6 is 0 Å². The van der Waals surface area contributed by atoms with Crippen molar-refractivity contribution in [3.63, 3.8) is 0 Å². The van der Waals surface area contributed by atoms with Crippen LogP contribution in [0.5, 0.6) is 5.88 Å². The van der Waals surface area contributed by atoms with Crippen LogP contribution < -0.4 is 4.74 Å². The monoisotopic (exact) mass is 185 g/mol. The molecule has 1 atom stereocenters. The zero-order valence-corrected chi connectivity index (χ0v) is 7.62. The summed E-state index contributed by atoms with van der Waals surface area (Å²) in [5.74, 6) is 0.495. The molecule has 0 aliphatic heterocycles. The van der Waals surface area contributed by atoms with Crippen LogP contribution in [0.2, 0.25) is 0 Å². The van der Waals surface area contributed by atoms with Gasteiger partial charge in [-0.25, -0.2) is 9.37 Å². The molecule has 0 aliphatic carbocycles. The number of methoxy groups -OCH3 is 1. The first-order chi connectivity index (χ1) is 6.19. The Bertz CT molecular complexity index is 291. The van der Waals surface area contributed by atoms with Crippen LogP contribution in [0.25, 0.3) is 0 Å². The molecule has 1 heterocycles. The van der Waals surface area contributed by atoms with Gasteiger partial charge in [-0.1, -0.05) is 0 Å². The highest BCUT2D eigenvalue weighted by Gasteiger charge is 2.09. The van der Waals surface area contributed by atoms with Crippen molar-refractivity contribution in [3.05, 3.63) is 23.4 Å². The lowest BCUT2D eigenvalue weighted by molar-refractivity contribution is 0.141. The molecule has 0 amide bonds. The van der Waals surface area contributed by atoms with E-state index in [1.54, 1.807) is 13.0 Å². The second-order valence-corrected chi connectivity index (χ2v) is 2.76. The number of pyridine rings is 1. The minimum absolute atomic E-state index is 0.473. The molecule has 0 bridgehead atoms. The topological polar surface area (TPSA) is 42.4 Å². The van der Waals surface area contributed by atoms with Crippen molar-refractivity contribution in [3.8, 4) is 5.88 Å². The first kappa shape index (κ1) is 9.92. The maximum absolute atomic E-state index is 12.1. The van der Waals surface area contributed by atoms with Gasteiger partial charge in [-0.2, -0.15) is 0 Å². The maximum atomic E-state index is 12.1. The molecule has 0 fully saturated rings. The average molecular weight is 185 g/mol. The summed E-state index contributed by atoms with van der Waals surface area (Å²) < 4.78 is 17.0. The van der Waals surface area contributed by atoms with Gasteiger partial charge in [0, 0.05) is 17.3 Å². The van der Waals surface area contributed by atoms with Crippen molar-refractivity contribution in [2.45, 2.75) is 13.0 Å². The van der Waals surface area contributed by atoms with Gasteiger partial charge in [-0.3, -0.25) is 0 Å². The van der Waals surface area contributed by atoms with Gasteiger partial charge < -0.3 is 9.84 Å². The van der Waals surface area contributed by atoms with E-state index in [-0.39, 0.29) is 0 Å². The summed E-state index contributed by atoms with van der Waals surface area (Å²) in [6.07, 6.45) is 0.327. The Hall–Kier alpha value is -1.16. The first-order valence-corrected chi connectivity index (χ1v) is 3.93. The summed E-state index contributed by atoms with van der Waals surface area (Å²) in [5.41, 5.74) is 1.26. The number of aliphatic hydroxyl groups excluding tert-OH is 1. The number of halogens is 1. The van der Waals surface area contributed by atoms with Crippen molar-refractivity contribution in [1.29, 1.82) is 0 Å². The number of ether oxygens (including phenoxy) is 1. The summed E-state index contributed by atoms with van der Waals surface area (Å²) in [6, 6.07) is 1.66. The van der Waals surface area contributed by atoms with Crippen LogP contribution in [-0.4, -0.2) is 23.9 Å². The molecule has 1 N–H and O–H groups in total. The molecule has 4 heteroatoms. The third-order valence-electron chi connectivity index (χ3n) is 1.78. The quantitative estimate of drug-likeness (QED) is 0.774. The third-order valence-corrected chi connectivity index (χ3v) is 1.78. The predicted molar refractivity (Wildman–Crippen MR) is 46.5 cm³/mol. The van der Waals surface area contributed by atoms with E-state index in [0.29, 0.717) is 11.4 Å². The molecule has 1 aromatic rings. The van der Waals surface area contributed by atoms with Gasteiger partial charge in [0.05, 0.1) is 7.11 Å². The molecule has 0 aliphatic rings. The summed E-state index contributed by atoms with van der Waals surface area (Å²) in [6.45, 7) is 0.994. The molecule has 1 unspecified atom stereocenters. The lowest BCUT2D eigenvalue weighted by Gasteiger charge is -2.08. The van der Waals surface area contributed by atoms with Crippen molar-refractivity contribution in [1.82, 2.24) is 4.98 Å². The van der Waals surface area contributed by atoms with Crippen molar-refractivity contribution >= 4 is 0 Å². The standard InChI is InChI=1S/C9H12FNO2/c1-6-3-7(8(12)4-10)5-11-9(6)13-2/h3,5,8,12H,4H2,1-2H3. The summed E-state index contributed by atoms with van der Waals surface area (Å²) in [4.78, 5) is 3.92. The van der Waals surface area contributed by atoms with Gasteiger partial charge in [0.2, 0.25) is 5.88 Å². The van der Waals surface area contributed by atoms with Crippen molar-refractivity contribution in [2.24, 2.45) is 0 Å². The molecule has 13 heavy (non-hydrogen) atoms. The SMILES string of the molecule is COc1ncc(C(O)CF)cc1C. The van der Waals surface area contributed by atoms with Crippen LogP contribution in [0.3, 0.4) is 0 Å². The smallest absolute Gasteiger partial charge is 0.215 e. The Morgan fingerprint density at radius 3 is 2.85 bits per heavy atom. The van der Waals surface area contributed by atoms with E-state index in [9.17, 15) is 4.39 Å². The molecule has 1 rings (SSSR count). The van der Waals surface area contributed by atoms with Crippen molar-refractivity contribution in [2.75, 3.05) is 13.8 Å². The number of rotatable bonds is 3. The van der Waals surface area contributed by atoms with Gasteiger partial charge in [0.1, 0.15) is 12.8 Å². The minimum Gasteiger partial charge on any atom is -0.481 e. The van der Waals surface area contributed by atoms with E-state index in [1.165, 1.54) is 13.3 Å². The van der Waals surface area contributed by atoms with Crippen LogP contribution in [0.1, 0.15) is 17.2 Å². The molecule has 3 nitrogen and oxygen atoms in total. The van der Waals surface area contributed by atoms with Crippen LogP contribution in [0.15, 0.2) is 12.3 Å². The summed E-state index contributed by atoms with van der Waals surface area (Å²) in [5, 5.41) is 9.16. The highest BCUT2D eigenvalue weighted by Crippen LogP contribution is 2.19. The van der Waals surface area contributed by atoms with Crippen LogP contribution in [0.4, 0.5) is 4.39 Å². The Balaban J connectivity index is 2.95. The number of hydrogen-bond acceptors (Lipinski definition) is 3. The zero-order valence-electron chi connectivity index (χ0n) is 7.62. The van der Waals surface area contributed by atoms with E-state index in [4.69, 9.17) is 9.84 Å². The third kappa shape index (κ3) is 2.15. The lowest BCUT2D eigenvalue weighted by Crippen LogP contribution is -2.01. The van der Waals surface area contributed by atoms with E-state index in [1.807, 2.05) is 0 Å². The van der Waals surface area contributed by atoms with Gasteiger partial charge in [-0.15, -0.1) is 0 Å². The van der Waals surface area contributed by atoms with Gasteiger partial charge >= 0.3 is 0 Å². The second-order valence-electron chi connectivity index (χ2n) is 2.76. The van der Waals surface area contributed by atoms with E-state index >= 15 is 0 Å². The van der Waals surface area contributed by atoms with Gasteiger partial charge in [0.15, 0.2) is 0 Å². The number of aromatic nitrogens is 1. The Kier molecular flexibility index (Phi) is 3.19. The number of aryl methyl sites for hydroxylation is 1. The highest BCUT2D eigenvalue weighted by atomic mass is 19.1. The van der Waals surface area contributed by atoms with Gasteiger partial charge in [0.25, 0.3) is 0 Å². The fourth-order valence-corrected chi connectivity index (χ4v) is 1.07. The molecule has 72 valence electrons. The van der Waals surface area contributed by atoms with Crippen LogP contribution in [-0.2, 0) is 0 Å². The molecule has 0 saturated heterocycles. The summed E-state index contributed by atoms with van der Waals surface area (Å²) in [7, 11) is 1.51. The number of aliphatic hydroxyl groups is 1. The number of nitrogens with zero attached hydrogens (tertiary/aromatic N) is 1. The normalized spacial score (nSPS) is 12.6. The molecule has 1 aromatic heterocycles. The largest absolute Gasteiger partial charge is 0.481 e. The molecule has 0 radical (unpaired) electrons. The highest BCUT2D eigenvalue weighted by molar-refractivity contribution is 5.29. The van der Waals surface area contributed by atoms with E-state index in [0.717, 1.165) is 5.56 Å². The first-order valence-electron chi connectivity index (χ1n) is 3.93. The summed E-state index contributed by atoms with van der Waals surface area (Å²) >= 11 is 0. The predicted octanol–water partition coefficient (Wildman–Crippen LogP) is 1.40. The fraction of sp³-hybridized carbons (Fsp3) is 0.444. The van der Waals surface area contributed by atoms with E-state index in [2.05, 4.69) is 4.98 Å². The Morgan fingerprint density at radius 2 is 2.38 bits per heavy atom. The number of hydrogen-bond donors (Lipinski definition) is 1. The Labute approximate surface area is 76.2 Å². The number of alkyl halides is 1. The van der Waals surface area contributed by atoms with Crippen molar-refractivity contribution < 1.29 is 14.2 Å².